The first-order valence-electron chi connectivity index (χ1n) is 7.83. The Hall–Kier alpha value is -1.51. The molecule has 1 aromatic carbocycles. The standard InChI is InChI=1S/C17H23NO2/c1-2-12-7-3-6-10-16(12)20-17(19)14-11-18-15-9-5-4-8-13(14)15/h4-5,8-9,12,14,16,18H,2-3,6-7,10-11H2,1H3. The number of fused-ring (bicyclic) bond motifs is 1. The number of nitrogens with one attached hydrogen (secondary N) is 1. The lowest BCUT2D eigenvalue weighted by Crippen LogP contribution is -2.32. The van der Waals surface area contributed by atoms with E-state index < -0.39 is 0 Å². The van der Waals surface area contributed by atoms with Crippen molar-refractivity contribution in [3.05, 3.63) is 29.8 Å². The van der Waals surface area contributed by atoms with E-state index in [1.54, 1.807) is 0 Å². The van der Waals surface area contributed by atoms with Crippen LogP contribution in [0.25, 0.3) is 0 Å². The van der Waals surface area contributed by atoms with E-state index in [1.807, 2.05) is 24.3 Å². The van der Waals surface area contributed by atoms with Crippen LogP contribution in [0.15, 0.2) is 24.3 Å². The summed E-state index contributed by atoms with van der Waals surface area (Å²) in [5, 5.41) is 3.29. The zero-order valence-corrected chi connectivity index (χ0v) is 12.1. The molecule has 2 aliphatic rings. The van der Waals surface area contributed by atoms with Gasteiger partial charge in [0.1, 0.15) is 12.0 Å². The zero-order valence-electron chi connectivity index (χ0n) is 12.1. The minimum Gasteiger partial charge on any atom is -0.462 e. The van der Waals surface area contributed by atoms with Gasteiger partial charge in [-0.05, 0) is 43.2 Å². The maximum Gasteiger partial charge on any atom is 0.315 e. The Morgan fingerprint density at radius 3 is 2.95 bits per heavy atom. The van der Waals surface area contributed by atoms with Gasteiger partial charge in [0.2, 0.25) is 0 Å². The lowest BCUT2D eigenvalue weighted by atomic mass is 9.84. The molecule has 1 heterocycles. The Kier molecular flexibility index (Phi) is 3.95. The van der Waals surface area contributed by atoms with Crippen molar-refractivity contribution in [2.45, 2.75) is 51.0 Å². The Morgan fingerprint density at radius 2 is 2.10 bits per heavy atom. The van der Waals surface area contributed by atoms with Crippen molar-refractivity contribution in [3.63, 3.8) is 0 Å². The summed E-state index contributed by atoms with van der Waals surface area (Å²) in [6, 6.07) is 8.03. The highest BCUT2D eigenvalue weighted by atomic mass is 16.5. The Bertz CT molecular complexity index is 486. The molecule has 1 N–H and O–H groups in total. The van der Waals surface area contributed by atoms with Gasteiger partial charge in [-0.15, -0.1) is 0 Å². The molecule has 3 heteroatoms. The number of esters is 1. The number of anilines is 1. The van der Waals surface area contributed by atoms with Gasteiger partial charge in [-0.3, -0.25) is 4.79 Å². The summed E-state index contributed by atoms with van der Waals surface area (Å²) in [6.07, 6.45) is 5.94. The minimum absolute atomic E-state index is 0.0483. The molecule has 1 aromatic rings. The van der Waals surface area contributed by atoms with E-state index in [0.717, 1.165) is 24.1 Å². The van der Waals surface area contributed by atoms with Crippen LogP contribution in [0.2, 0.25) is 0 Å². The second-order valence-corrected chi connectivity index (χ2v) is 5.95. The van der Waals surface area contributed by atoms with E-state index in [4.69, 9.17) is 4.74 Å². The predicted molar refractivity (Wildman–Crippen MR) is 79.8 cm³/mol. The first-order valence-corrected chi connectivity index (χ1v) is 7.83. The van der Waals surface area contributed by atoms with Crippen LogP contribution in [0.4, 0.5) is 5.69 Å². The lowest BCUT2D eigenvalue weighted by molar-refractivity contribution is -0.155. The van der Waals surface area contributed by atoms with Crippen LogP contribution in [-0.4, -0.2) is 18.6 Å². The van der Waals surface area contributed by atoms with Crippen LogP contribution in [0.5, 0.6) is 0 Å². The second-order valence-electron chi connectivity index (χ2n) is 5.95. The number of carbonyl (C=O) groups excluding carboxylic acids is 1. The molecule has 20 heavy (non-hydrogen) atoms. The van der Waals surface area contributed by atoms with Crippen LogP contribution >= 0.6 is 0 Å². The fourth-order valence-electron chi connectivity index (χ4n) is 3.52. The van der Waals surface area contributed by atoms with Crippen LogP contribution in [0, 0.1) is 5.92 Å². The minimum atomic E-state index is -0.134. The van der Waals surface area contributed by atoms with Gasteiger partial charge in [0, 0.05) is 12.2 Å². The van der Waals surface area contributed by atoms with Crippen molar-refractivity contribution < 1.29 is 9.53 Å². The van der Waals surface area contributed by atoms with Crippen molar-refractivity contribution in [2.75, 3.05) is 11.9 Å². The molecule has 108 valence electrons. The number of hydrogen-bond acceptors (Lipinski definition) is 3. The summed E-state index contributed by atoms with van der Waals surface area (Å²) < 4.78 is 5.86. The highest BCUT2D eigenvalue weighted by Gasteiger charge is 2.33. The highest BCUT2D eigenvalue weighted by Crippen LogP contribution is 2.34. The molecule has 0 aromatic heterocycles. The lowest BCUT2D eigenvalue weighted by Gasteiger charge is -2.31. The van der Waals surface area contributed by atoms with Crippen molar-refractivity contribution in [3.8, 4) is 0 Å². The van der Waals surface area contributed by atoms with E-state index in [-0.39, 0.29) is 18.0 Å². The average Bonchev–Trinajstić information content (AvgIpc) is 2.92. The summed E-state index contributed by atoms with van der Waals surface area (Å²) in [5.74, 6) is 0.371. The Balaban J connectivity index is 1.68. The number of hydrogen-bond donors (Lipinski definition) is 1. The summed E-state index contributed by atoms with van der Waals surface area (Å²) in [7, 11) is 0. The number of rotatable bonds is 3. The maximum absolute atomic E-state index is 12.5. The molecule has 0 saturated heterocycles. The normalized spacial score (nSPS) is 28.6. The summed E-state index contributed by atoms with van der Waals surface area (Å²) in [6.45, 7) is 2.87. The monoisotopic (exact) mass is 273 g/mol. The zero-order chi connectivity index (χ0) is 13.9. The van der Waals surface area contributed by atoms with Crippen molar-refractivity contribution in [1.82, 2.24) is 0 Å². The number of para-hydroxylation sites is 1. The van der Waals surface area contributed by atoms with E-state index in [9.17, 15) is 4.79 Å². The van der Waals surface area contributed by atoms with Crippen LogP contribution < -0.4 is 5.32 Å². The van der Waals surface area contributed by atoms with E-state index >= 15 is 0 Å². The molecule has 3 unspecified atom stereocenters. The molecule has 0 radical (unpaired) electrons. The topological polar surface area (TPSA) is 38.3 Å². The Morgan fingerprint density at radius 1 is 1.30 bits per heavy atom. The molecule has 0 bridgehead atoms. The Labute approximate surface area is 120 Å². The van der Waals surface area contributed by atoms with Crippen LogP contribution in [-0.2, 0) is 9.53 Å². The maximum atomic E-state index is 12.5. The second kappa shape index (κ2) is 5.86. The van der Waals surface area contributed by atoms with E-state index in [1.165, 1.54) is 19.3 Å². The molecule has 3 rings (SSSR count). The smallest absolute Gasteiger partial charge is 0.315 e. The summed E-state index contributed by atoms with van der Waals surface area (Å²) in [4.78, 5) is 12.5. The van der Waals surface area contributed by atoms with Gasteiger partial charge in [-0.1, -0.05) is 31.5 Å². The van der Waals surface area contributed by atoms with E-state index in [0.29, 0.717) is 12.5 Å². The fraction of sp³-hybridized carbons (Fsp3) is 0.588. The molecule has 1 aliphatic heterocycles. The van der Waals surface area contributed by atoms with Crippen LogP contribution in [0.3, 0.4) is 0 Å². The first-order chi connectivity index (χ1) is 9.79. The summed E-state index contributed by atoms with van der Waals surface area (Å²) in [5.41, 5.74) is 2.16. The van der Waals surface area contributed by atoms with Gasteiger partial charge in [0.05, 0.1) is 0 Å². The van der Waals surface area contributed by atoms with Gasteiger partial charge in [0.15, 0.2) is 0 Å². The average molecular weight is 273 g/mol. The SMILES string of the molecule is CCC1CCCCC1OC(=O)C1CNc2ccccc21. The molecular formula is C17H23NO2. The van der Waals surface area contributed by atoms with Crippen molar-refractivity contribution >= 4 is 11.7 Å². The third kappa shape index (κ3) is 2.54. The molecule has 0 amide bonds. The van der Waals surface area contributed by atoms with E-state index in [2.05, 4.69) is 12.2 Å². The molecule has 3 atom stereocenters. The van der Waals surface area contributed by atoms with Crippen LogP contribution in [0.1, 0.15) is 50.5 Å². The van der Waals surface area contributed by atoms with Gasteiger partial charge < -0.3 is 10.1 Å². The predicted octanol–water partition coefficient (Wildman–Crippen LogP) is 3.71. The molecule has 1 aliphatic carbocycles. The number of benzene rings is 1. The first kappa shape index (κ1) is 13.5. The number of carbonyl (C=O) groups is 1. The van der Waals surface area contributed by atoms with Gasteiger partial charge in [-0.25, -0.2) is 0 Å². The molecule has 1 fully saturated rings. The van der Waals surface area contributed by atoms with Crippen molar-refractivity contribution in [2.24, 2.45) is 5.92 Å². The van der Waals surface area contributed by atoms with Gasteiger partial charge >= 0.3 is 5.97 Å². The molecular weight excluding hydrogens is 250 g/mol. The highest BCUT2D eigenvalue weighted by molar-refractivity contribution is 5.84. The van der Waals surface area contributed by atoms with Gasteiger partial charge in [-0.2, -0.15) is 0 Å². The quantitative estimate of drug-likeness (QED) is 0.853. The molecule has 1 saturated carbocycles. The molecule has 0 spiro atoms. The largest absolute Gasteiger partial charge is 0.462 e. The van der Waals surface area contributed by atoms with Gasteiger partial charge in [0.25, 0.3) is 0 Å². The number of ether oxygens (including phenoxy) is 1. The summed E-state index contributed by atoms with van der Waals surface area (Å²) >= 11 is 0. The molecule has 3 nitrogen and oxygen atoms in total. The van der Waals surface area contributed by atoms with Crippen molar-refractivity contribution in [1.29, 1.82) is 0 Å². The third-order valence-electron chi connectivity index (χ3n) is 4.75. The third-order valence-corrected chi connectivity index (χ3v) is 4.75. The fourth-order valence-corrected chi connectivity index (χ4v) is 3.52.